The zero-order valence-corrected chi connectivity index (χ0v) is 15.9. The minimum atomic E-state index is -4.22. The van der Waals surface area contributed by atoms with Crippen LogP contribution in [0.15, 0.2) is 29.3 Å². The van der Waals surface area contributed by atoms with Crippen LogP contribution >= 0.6 is 24.0 Å². The molecule has 0 aliphatic carbocycles. The van der Waals surface area contributed by atoms with Crippen LogP contribution in [0.5, 0.6) is 5.75 Å². The number of rotatable bonds is 7. The molecule has 0 amide bonds. The quantitative estimate of drug-likeness (QED) is 0.332. The van der Waals surface area contributed by atoms with Crippen molar-refractivity contribution in [2.24, 2.45) is 4.99 Å². The van der Waals surface area contributed by atoms with E-state index in [1.54, 1.807) is 38.3 Å². The fourth-order valence-electron chi connectivity index (χ4n) is 1.77. The predicted molar refractivity (Wildman–Crippen MR) is 98.0 cm³/mol. The average molecular weight is 461 g/mol. The third-order valence-electron chi connectivity index (χ3n) is 2.97. The van der Waals surface area contributed by atoms with Crippen molar-refractivity contribution >= 4 is 29.9 Å². The van der Waals surface area contributed by atoms with E-state index in [0.717, 1.165) is 0 Å². The predicted octanol–water partition coefficient (Wildman–Crippen LogP) is 2.85. The molecule has 0 spiro atoms. The lowest BCUT2D eigenvalue weighted by atomic mass is 10.1. The first kappa shape index (κ1) is 22.8. The molecular formula is C15H23F3IN3O2. The third-order valence-corrected chi connectivity index (χ3v) is 2.97. The van der Waals surface area contributed by atoms with Crippen LogP contribution in [0, 0.1) is 0 Å². The van der Waals surface area contributed by atoms with Gasteiger partial charge in [-0.3, -0.25) is 4.99 Å². The molecule has 9 heteroatoms. The minimum absolute atomic E-state index is 0. The maximum absolute atomic E-state index is 12.1. The maximum atomic E-state index is 12.1. The summed E-state index contributed by atoms with van der Waals surface area (Å²) < 4.78 is 41.4. The van der Waals surface area contributed by atoms with Crippen molar-refractivity contribution in [2.45, 2.75) is 25.6 Å². The molecule has 0 aliphatic heterocycles. The number of nitrogens with one attached hydrogen (secondary N) is 2. The van der Waals surface area contributed by atoms with E-state index in [2.05, 4.69) is 15.6 Å². The molecule has 0 aliphatic rings. The smallest absolute Gasteiger partial charge is 0.390 e. The van der Waals surface area contributed by atoms with Crippen LogP contribution in [0.1, 0.15) is 25.0 Å². The summed E-state index contributed by atoms with van der Waals surface area (Å²) in [7, 11) is 1.55. The molecule has 1 aromatic carbocycles. The van der Waals surface area contributed by atoms with E-state index in [0.29, 0.717) is 17.9 Å². The Balaban J connectivity index is 0.00000529. The highest BCUT2D eigenvalue weighted by Gasteiger charge is 2.26. The summed E-state index contributed by atoms with van der Waals surface area (Å²) in [5.41, 5.74) is 0.653. The van der Waals surface area contributed by atoms with Crippen molar-refractivity contribution in [1.82, 2.24) is 10.6 Å². The highest BCUT2D eigenvalue weighted by Crippen LogP contribution is 2.19. The molecule has 3 N–H and O–H groups in total. The Bertz CT molecular complexity index is 496. The zero-order chi connectivity index (χ0) is 17.3. The van der Waals surface area contributed by atoms with Gasteiger partial charge in [-0.25, -0.2) is 0 Å². The van der Waals surface area contributed by atoms with E-state index in [4.69, 9.17) is 4.74 Å². The molecule has 0 bridgehead atoms. The molecule has 1 rings (SSSR count). The fourth-order valence-corrected chi connectivity index (χ4v) is 1.77. The van der Waals surface area contributed by atoms with E-state index < -0.39 is 18.7 Å². The first-order valence-electron chi connectivity index (χ1n) is 7.26. The molecule has 1 aromatic rings. The largest absolute Gasteiger partial charge is 0.497 e. The van der Waals surface area contributed by atoms with Crippen molar-refractivity contribution < 1.29 is 23.0 Å². The number of ether oxygens (including phenoxy) is 1. The fraction of sp³-hybridized carbons (Fsp3) is 0.533. The molecule has 5 nitrogen and oxygen atoms in total. The first-order valence-corrected chi connectivity index (χ1v) is 7.26. The number of halogens is 4. The number of benzene rings is 1. The van der Waals surface area contributed by atoms with E-state index >= 15 is 0 Å². The number of hydrogen-bond donors (Lipinski definition) is 3. The second-order valence-electron chi connectivity index (χ2n) is 4.80. The maximum Gasteiger partial charge on any atom is 0.390 e. The van der Waals surface area contributed by atoms with Gasteiger partial charge in [-0.2, -0.15) is 13.2 Å². The number of methoxy groups -OCH3 is 1. The standard InChI is InChI=1S/C15H22F3N3O2.HI/c1-3-19-14(20-9-8-15(16,17)18)21-10-13(22)11-4-6-12(23-2)7-5-11;/h4-7,13,22H,3,8-10H2,1-2H3,(H2,19,20,21);1H. The van der Waals surface area contributed by atoms with E-state index in [-0.39, 0.29) is 43.0 Å². The third kappa shape index (κ3) is 9.16. The Hall–Kier alpha value is -1.23. The molecule has 1 unspecified atom stereocenters. The van der Waals surface area contributed by atoms with Gasteiger partial charge in [0.1, 0.15) is 5.75 Å². The summed E-state index contributed by atoms with van der Waals surface area (Å²) in [6, 6.07) is 6.86. The van der Waals surface area contributed by atoms with Crippen LogP contribution in [-0.4, -0.2) is 44.0 Å². The zero-order valence-electron chi connectivity index (χ0n) is 13.6. The van der Waals surface area contributed by atoms with Crippen molar-refractivity contribution in [3.05, 3.63) is 29.8 Å². The summed E-state index contributed by atoms with van der Waals surface area (Å²) in [6.45, 7) is 2.08. The van der Waals surface area contributed by atoms with Crippen LogP contribution in [0.2, 0.25) is 0 Å². The Kier molecular flexibility index (Phi) is 10.8. The average Bonchev–Trinajstić information content (AvgIpc) is 2.51. The summed E-state index contributed by atoms with van der Waals surface area (Å²) in [5, 5.41) is 15.5. The van der Waals surface area contributed by atoms with Crippen LogP contribution in [0.3, 0.4) is 0 Å². The van der Waals surface area contributed by atoms with Gasteiger partial charge in [0.05, 0.1) is 26.2 Å². The molecule has 0 aromatic heterocycles. The highest BCUT2D eigenvalue weighted by atomic mass is 127. The number of aliphatic hydroxyl groups excluding tert-OH is 1. The monoisotopic (exact) mass is 461 g/mol. The van der Waals surface area contributed by atoms with Gasteiger partial charge in [0.2, 0.25) is 0 Å². The Morgan fingerprint density at radius 3 is 2.38 bits per heavy atom. The number of nitrogens with zero attached hydrogens (tertiary/aromatic N) is 1. The van der Waals surface area contributed by atoms with Gasteiger partial charge in [-0.1, -0.05) is 12.1 Å². The van der Waals surface area contributed by atoms with Gasteiger partial charge in [0, 0.05) is 13.1 Å². The molecular weight excluding hydrogens is 438 g/mol. The molecule has 24 heavy (non-hydrogen) atoms. The van der Waals surface area contributed by atoms with Gasteiger partial charge >= 0.3 is 6.18 Å². The summed E-state index contributed by atoms with van der Waals surface area (Å²) >= 11 is 0. The van der Waals surface area contributed by atoms with Crippen LogP contribution in [-0.2, 0) is 0 Å². The minimum Gasteiger partial charge on any atom is -0.497 e. The molecule has 0 radical (unpaired) electrons. The van der Waals surface area contributed by atoms with Crippen LogP contribution in [0.4, 0.5) is 13.2 Å². The Labute approximate surface area is 156 Å². The molecule has 0 fully saturated rings. The highest BCUT2D eigenvalue weighted by molar-refractivity contribution is 14.0. The first-order chi connectivity index (χ1) is 10.9. The number of hydrogen-bond acceptors (Lipinski definition) is 3. The summed E-state index contributed by atoms with van der Waals surface area (Å²) in [4.78, 5) is 4.10. The van der Waals surface area contributed by atoms with Crippen molar-refractivity contribution in [2.75, 3.05) is 26.7 Å². The normalized spacial score (nSPS) is 13.0. The molecule has 0 saturated heterocycles. The van der Waals surface area contributed by atoms with Gasteiger partial charge in [0.25, 0.3) is 0 Å². The van der Waals surface area contributed by atoms with Gasteiger partial charge < -0.3 is 20.5 Å². The number of guanidine groups is 1. The van der Waals surface area contributed by atoms with Crippen LogP contribution in [0.25, 0.3) is 0 Å². The number of aliphatic hydroxyl groups is 1. The SMILES string of the molecule is CCNC(=NCC(O)c1ccc(OC)cc1)NCCC(F)(F)F.I. The van der Waals surface area contributed by atoms with E-state index in [1.807, 2.05) is 0 Å². The number of aliphatic imine (C=N–C) groups is 1. The molecule has 138 valence electrons. The van der Waals surface area contributed by atoms with E-state index in [9.17, 15) is 18.3 Å². The molecule has 0 heterocycles. The lowest BCUT2D eigenvalue weighted by molar-refractivity contribution is -0.132. The Morgan fingerprint density at radius 1 is 1.25 bits per heavy atom. The lowest BCUT2D eigenvalue weighted by Gasteiger charge is -2.14. The second kappa shape index (κ2) is 11.3. The van der Waals surface area contributed by atoms with Crippen molar-refractivity contribution in [1.29, 1.82) is 0 Å². The summed E-state index contributed by atoms with van der Waals surface area (Å²) in [5.74, 6) is 0.913. The molecule has 0 saturated carbocycles. The lowest BCUT2D eigenvalue weighted by Crippen LogP contribution is -2.39. The Morgan fingerprint density at radius 2 is 1.88 bits per heavy atom. The van der Waals surface area contributed by atoms with Crippen LogP contribution < -0.4 is 15.4 Å². The second-order valence-corrected chi connectivity index (χ2v) is 4.80. The van der Waals surface area contributed by atoms with E-state index in [1.165, 1.54) is 0 Å². The van der Waals surface area contributed by atoms with Gasteiger partial charge in [-0.05, 0) is 24.6 Å². The number of alkyl halides is 3. The topological polar surface area (TPSA) is 65.9 Å². The van der Waals surface area contributed by atoms with Gasteiger partial charge in [0.15, 0.2) is 5.96 Å². The van der Waals surface area contributed by atoms with Crippen molar-refractivity contribution in [3.63, 3.8) is 0 Å². The molecule has 1 atom stereocenters. The van der Waals surface area contributed by atoms with Crippen molar-refractivity contribution in [3.8, 4) is 5.75 Å². The van der Waals surface area contributed by atoms with Gasteiger partial charge in [-0.15, -0.1) is 24.0 Å². The summed E-state index contributed by atoms with van der Waals surface area (Å²) in [6.07, 6.45) is -6.01.